The van der Waals surface area contributed by atoms with E-state index in [1.165, 1.54) is 27.2 Å². The van der Waals surface area contributed by atoms with Crippen molar-refractivity contribution in [3.8, 4) is 0 Å². The third-order valence-corrected chi connectivity index (χ3v) is 16.6. The van der Waals surface area contributed by atoms with Crippen LogP contribution in [0.1, 0.15) is 63.4 Å². The van der Waals surface area contributed by atoms with Crippen molar-refractivity contribution in [1.82, 2.24) is 0 Å². The number of hydrogen-bond donors (Lipinski definition) is 0. The van der Waals surface area contributed by atoms with Crippen molar-refractivity contribution in [3.05, 3.63) is 141 Å². The minimum Gasteiger partial charge on any atom is -0.364 e. The molecular weight excluding hydrogens is 663 g/mol. The lowest BCUT2D eigenvalue weighted by atomic mass is 9.58. The molecule has 0 fully saturated rings. The molecule has 5 aliphatic carbocycles. The Hall–Kier alpha value is -6.18. The van der Waals surface area contributed by atoms with E-state index in [-0.39, 0.29) is 11.5 Å². The minimum atomic E-state index is -0.172. The fraction of sp³-hybridized carbons (Fsp3) is 0.148. The Balaban J connectivity index is 1.16. The van der Waals surface area contributed by atoms with Gasteiger partial charge in [-0.15, -0.1) is 0 Å². The van der Waals surface area contributed by atoms with Crippen LogP contribution in [0, 0.1) is 5.41 Å². The predicted molar refractivity (Wildman–Crippen MR) is 231 cm³/mol. The summed E-state index contributed by atoms with van der Waals surface area (Å²) < 4.78 is 0. The molecule has 55 heavy (non-hydrogen) atoms. The molecule has 250 valence electrons. The summed E-state index contributed by atoms with van der Waals surface area (Å²) in [5.74, 6) is 0.292. The van der Waals surface area contributed by atoms with Gasteiger partial charge in [-0.05, 0) is 208 Å². The van der Waals surface area contributed by atoms with Crippen LogP contribution in [0.2, 0.25) is 0 Å². The first-order valence-electron chi connectivity index (χ1n) is 20.6. The first-order valence-corrected chi connectivity index (χ1v) is 20.6. The summed E-state index contributed by atoms with van der Waals surface area (Å²) >= 11 is 0. The van der Waals surface area contributed by atoms with Gasteiger partial charge in [0.1, 0.15) is 0 Å². The highest BCUT2D eigenvalue weighted by molar-refractivity contribution is 6.62. The lowest BCUT2D eigenvalue weighted by Crippen LogP contribution is -2.45. The van der Waals surface area contributed by atoms with Gasteiger partial charge in [0.2, 0.25) is 0 Å². The summed E-state index contributed by atoms with van der Waals surface area (Å²) in [4.78, 5) is 2.76. The molecule has 0 N–H and O–H groups in total. The summed E-state index contributed by atoms with van der Waals surface area (Å²) in [7, 11) is 0. The lowest BCUT2D eigenvalue weighted by molar-refractivity contribution is 0.282. The predicted octanol–water partition coefficient (Wildman–Crippen LogP) is 12.4. The normalized spacial score (nSPS) is 20.6. The maximum Gasteiger partial charge on any atom is 0.0645 e. The number of hydrogen-bond acceptors (Lipinski definition) is 1. The molecule has 0 spiro atoms. The molecule has 1 heteroatoms. The second-order valence-electron chi connectivity index (χ2n) is 18.4. The quantitative estimate of drug-likeness (QED) is 0.162. The Morgan fingerprint density at radius 1 is 0.509 bits per heavy atom. The first kappa shape index (κ1) is 25.8. The summed E-state index contributed by atoms with van der Waals surface area (Å²) in [6.45, 7) is 3.32. The van der Waals surface area contributed by atoms with E-state index in [9.17, 15) is 0 Å². The summed E-state index contributed by atoms with van der Waals surface area (Å²) in [6.07, 6.45) is 6.01. The van der Waals surface area contributed by atoms with Gasteiger partial charge in [0.25, 0.3) is 0 Å². The molecule has 0 aromatic heterocycles. The lowest BCUT2D eigenvalue weighted by Gasteiger charge is -2.51. The second kappa shape index (κ2) is 7.42. The third-order valence-electron chi connectivity index (χ3n) is 16.6. The molecule has 0 amide bonds. The monoisotopic (exact) mass is 691 g/mol. The molecule has 0 aliphatic heterocycles. The fourth-order valence-corrected chi connectivity index (χ4v) is 15.5. The molecule has 18 rings (SSSR count). The molecule has 0 saturated heterocycles. The van der Waals surface area contributed by atoms with Crippen molar-refractivity contribution < 1.29 is 0 Å². The molecule has 5 aliphatic rings. The Morgan fingerprint density at radius 3 is 1.78 bits per heavy atom. The highest BCUT2D eigenvalue weighted by Crippen LogP contribution is 2.72. The molecule has 1 nitrogen and oxygen atoms in total. The van der Waals surface area contributed by atoms with Crippen molar-refractivity contribution >= 4 is 119 Å². The van der Waals surface area contributed by atoms with Gasteiger partial charge in [-0.1, -0.05) is 72.8 Å². The Morgan fingerprint density at radius 2 is 1.04 bits per heavy atom. The Labute approximate surface area is 314 Å². The summed E-state index contributed by atoms with van der Waals surface area (Å²) in [5, 5.41) is 33.4. The van der Waals surface area contributed by atoms with E-state index in [1.807, 2.05) is 0 Å². The van der Waals surface area contributed by atoms with Crippen LogP contribution in [0.4, 0.5) is 5.69 Å². The molecule has 0 saturated carbocycles. The third kappa shape index (κ3) is 2.20. The van der Waals surface area contributed by atoms with Gasteiger partial charge in [-0.25, -0.2) is 0 Å². The Kier molecular flexibility index (Phi) is 3.48. The highest BCUT2D eigenvalue weighted by atomic mass is 15.2. The molecular formula is C54H29N. The van der Waals surface area contributed by atoms with E-state index in [0.29, 0.717) is 5.92 Å². The van der Waals surface area contributed by atoms with Gasteiger partial charge in [-0.3, -0.25) is 0 Å². The van der Waals surface area contributed by atoms with Crippen LogP contribution in [-0.2, 0) is 19.3 Å². The average molecular weight is 692 g/mol. The maximum absolute atomic E-state index is 2.84. The second-order valence-corrected chi connectivity index (χ2v) is 18.4. The largest absolute Gasteiger partial charge is 0.364 e. The van der Waals surface area contributed by atoms with Crippen LogP contribution >= 0.6 is 0 Å². The van der Waals surface area contributed by atoms with Gasteiger partial charge < -0.3 is 4.90 Å². The van der Waals surface area contributed by atoms with E-state index >= 15 is 0 Å². The molecule has 3 unspecified atom stereocenters. The molecule has 0 radical (unpaired) electrons. The van der Waals surface area contributed by atoms with Crippen LogP contribution in [0.25, 0.3) is 114 Å². The van der Waals surface area contributed by atoms with E-state index < -0.39 is 0 Å². The first-order chi connectivity index (χ1) is 27.2. The smallest absolute Gasteiger partial charge is 0.0645 e. The molecule has 13 aromatic carbocycles. The van der Waals surface area contributed by atoms with Crippen molar-refractivity contribution in [1.29, 1.82) is 0 Å². The van der Waals surface area contributed by atoms with Gasteiger partial charge in [0.15, 0.2) is 0 Å². The van der Waals surface area contributed by atoms with Crippen LogP contribution in [-0.4, -0.2) is 6.54 Å². The zero-order chi connectivity index (χ0) is 34.7. The SMILES string of the molecule is CCN(c1ccccc1)C(c1ccccc1)C12C=c3cc4cc5cc6c7c5c5c4c4c3C1c1c3c(cc8c9c%10c(cc(c%11c%10c%10c(c1c4c5c%10c7%11)c39)C6)C8)C2. The molecule has 0 heterocycles. The van der Waals surface area contributed by atoms with Gasteiger partial charge in [-0.2, -0.15) is 0 Å². The number of nitrogens with zero attached hydrogens (tertiary/aromatic N) is 1. The number of rotatable bonds is 5. The summed E-state index contributed by atoms with van der Waals surface area (Å²) in [5.41, 5.74) is 13.8. The zero-order valence-electron chi connectivity index (χ0n) is 30.2. The van der Waals surface area contributed by atoms with Crippen LogP contribution in [0.5, 0.6) is 0 Å². The highest BCUT2D eigenvalue weighted by Gasteiger charge is 2.57. The average Bonchev–Trinajstić information content (AvgIpc) is 4.04. The zero-order valence-corrected chi connectivity index (χ0v) is 30.2. The van der Waals surface area contributed by atoms with Crippen LogP contribution in [0.3, 0.4) is 0 Å². The van der Waals surface area contributed by atoms with Crippen molar-refractivity contribution in [2.75, 3.05) is 11.4 Å². The van der Waals surface area contributed by atoms with Crippen molar-refractivity contribution in [3.63, 3.8) is 0 Å². The number of para-hydroxylation sites is 1. The molecule has 0 bridgehead atoms. The topological polar surface area (TPSA) is 3.24 Å². The van der Waals surface area contributed by atoms with E-state index in [4.69, 9.17) is 0 Å². The fourth-order valence-electron chi connectivity index (χ4n) is 15.5. The van der Waals surface area contributed by atoms with E-state index in [1.54, 1.807) is 136 Å². The summed E-state index contributed by atoms with van der Waals surface area (Å²) in [6, 6.07) is 36.4. The standard InChI is InChI=1S/C54H29N/c1-2-55(31-11-7-4-8-12-31)53(22-9-5-3-6-10-22)54-20-29-18-27-16-25-15-26-14-23-13-24-17-28-19-30(21-54)39-44-37(28)42-33(24)32(23)40-36(26)41-34(25)35(27)43-38(29)51(52(39)54)50-48(43)46(41)45(40)47(42)49(44)50/h3-13,15,17-19,21,52-53H,2,14,16,20H2,1H3. The Bertz CT molecular complexity index is 4060. The van der Waals surface area contributed by atoms with E-state index in [2.05, 4.69) is 109 Å². The molecule has 3 atom stereocenters. The van der Waals surface area contributed by atoms with Crippen molar-refractivity contribution in [2.24, 2.45) is 5.41 Å². The minimum absolute atomic E-state index is 0.156. The van der Waals surface area contributed by atoms with Gasteiger partial charge >= 0.3 is 0 Å². The van der Waals surface area contributed by atoms with Crippen molar-refractivity contribution in [2.45, 2.75) is 38.1 Å². The maximum atomic E-state index is 2.84. The number of benzene rings is 9. The van der Waals surface area contributed by atoms with E-state index in [0.717, 1.165) is 25.8 Å². The number of anilines is 1. The van der Waals surface area contributed by atoms with Crippen LogP contribution in [0.15, 0.2) is 91.0 Å². The van der Waals surface area contributed by atoms with Gasteiger partial charge in [0.05, 0.1) is 6.04 Å². The van der Waals surface area contributed by atoms with Gasteiger partial charge in [0, 0.05) is 23.6 Å². The molecule has 13 aromatic rings. The van der Waals surface area contributed by atoms with Crippen LogP contribution < -0.4 is 10.1 Å².